The Kier molecular flexibility index (Phi) is 3.63. The number of hydrogen-bond donors (Lipinski definition) is 1. The number of carboxylic acid groups (broad SMARTS) is 1. The molecule has 3 rings (SSSR count). The lowest BCUT2D eigenvalue weighted by Crippen LogP contribution is -2.03. The number of benzene rings is 1. The van der Waals surface area contributed by atoms with Crippen LogP contribution in [0.5, 0.6) is 0 Å². The van der Waals surface area contributed by atoms with Crippen LogP contribution in [0.2, 0.25) is 0 Å². The number of carbonyl (C=O) groups is 1. The summed E-state index contributed by atoms with van der Waals surface area (Å²) in [6.07, 6.45) is 0.913. The van der Waals surface area contributed by atoms with Crippen molar-refractivity contribution in [1.82, 2.24) is 14.8 Å². The molecule has 3 aromatic rings. The molecule has 0 aliphatic carbocycles. The number of fused-ring (bicyclic) bond motifs is 1. The van der Waals surface area contributed by atoms with Crippen molar-refractivity contribution in [2.24, 2.45) is 0 Å². The predicted molar refractivity (Wildman–Crippen MR) is 85.0 cm³/mol. The van der Waals surface area contributed by atoms with Crippen molar-refractivity contribution >= 4 is 17.0 Å². The number of aromatic carboxylic acids is 1. The average molecular weight is 295 g/mol. The van der Waals surface area contributed by atoms with E-state index in [0.29, 0.717) is 29.0 Å². The minimum atomic E-state index is -0.955. The summed E-state index contributed by atoms with van der Waals surface area (Å²) in [7, 11) is 0. The molecule has 2 aromatic heterocycles. The van der Waals surface area contributed by atoms with E-state index in [-0.39, 0.29) is 5.56 Å². The van der Waals surface area contributed by atoms with Crippen LogP contribution in [0.4, 0.5) is 0 Å². The van der Waals surface area contributed by atoms with E-state index in [9.17, 15) is 9.90 Å². The summed E-state index contributed by atoms with van der Waals surface area (Å²) >= 11 is 0. The highest BCUT2D eigenvalue weighted by atomic mass is 16.4. The molecule has 0 amide bonds. The summed E-state index contributed by atoms with van der Waals surface area (Å²) in [6, 6.07) is 11.2. The molecule has 112 valence electrons. The van der Waals surface area contributed by atoms with Crippen molar-refractivity contribution in [1.29, 1.82) is 0 Å². The molecule has 0 saturated heterocycles. The van der Waals surface area contributed by atoms with E-state index in [4.69, 9.17) is 0 Å². The van der Waals surface area contributed by atoms with Crippen LogP contribution in [0.1, 0.15) is 29.4 Å². The molecule has 0 aliphatic rings. The van der Waals surface area contributed by atoms with Crippen molar-refractivity contribution in [3.8, 4) is 11.3 Å². The molecule has 0 aliphatic heterocycles. The van der Waals surface area contributed by atoms with Gasteiger partial charge in [-0.3, -0.25) is 0 Å². The topological polar surface area (TPSA) is 68.0 Å². The normalized spacial score (nSPS) is 11.0. The molecule has 0 unspecified atom stereocenters. The van der Waals surface area contributed by atoms with Crippen LogP contribution in [0, 0.1) is 6.92 Å². The van der Waals surface area contributed by atoms with Crippen LogP contribution in [-0.2, 0) is 6.54 Å². The zero-order valence-corrected chi connectivity index (χ0v) is 12.6. The fourth-order valence-corrected chi connectivity index (χ4v) is 2.65. The lowest BCUT2D eigenvalue weighted by molar-refractivity contribution is 0.0699. The van der Waals surface area contributed by atoms with Crippen molar-refractivity contribution in [3.05, 3.63) is 47.7 Å². The van der Waals surface area contributed by atoms with Crippen LogP contribution >= 0.6 is 0 Å². The maximum atomic E-state index is 11.7. The van der Waals surface area contributed by atoms with E-state index >= 15 is 0 Å². The fourth-order valence-electron chi connectivity index (χ4n) is 2.65. The molecule has 5 nitrogen and oxygen atoms in total. The highest BCUT2D eigenvalue weighted by Crippen LogP contribution is 2.27. The molecule has 0 atom stereocenters. The van der Waals surface area contributed by atoms with E-state index in [0.717, 1.165) is 12.0 Å². The van der Waals surface area contributed by atoms with E-state index in [1.165, 1.54) is 0 Å². The molecule has 0 saturated carbocycles. The van der Waals surface area contributed by atoms with Crippen LogP contribution in [0.3, 0.4) is 0 Å². The maximum Gasteiger partial charge on any atom is 0.336 e. The summed E-state index contributed by atoms with van der Waals surface area (Å²) in [4.78, 5) is 16.3. The predicted octanol–water partition coefficient (Wildman–Crippen LogP) is 3.51. The van der Waals surface area contributed by atoms with Crippen LogP contribution in [0.25, 0.3) is 22.3 Å². The quantitative estimate of drug-likeness (QED) is 0.799. The smallest absolute Gasteiger partial charge is 0.336 e. The van der Waals surface area contributed by atoms with Gasteiger partial charge in [0.2, 0.25) is 0 Å². The first-order chi connectivity index (χ1) is 10.6. The standard InChI is InChI=1S/C17H17N3O2/c1-3-9-20-16-15(11(2)19-20)13(17(21)22)10-14(18-16)12-7-5-4-6-8-12/h4-8,10H,3,9H2,1-2H3,(H,21,22). The lowest BCUT2D eigenvalue weighted by Gasteiger charge is -2.06. The molecule has 0 bridgehead atoms. The summed E-state index contributed by atoms with van der Waals surface area (Å²) < 4.78 is 1.80. The number of nitrogens with zero attached hydrogens (tertiary/aromatic N) is 3. The summed E-state index contributed by atoms with van der Waals surface area (Å²) in [5, 5.41) is 14.6. The zero-order valence-electron chi connectivity index (χ0n) is 12.6. The van der Waals surface area contributed by atoms with Gasteiger partial charge in [0.15, 0.2) is 5.65 Å². The van der Waals surface area contributed by atoms with Gasteiger partial charge in [0.25, 0.3) is 0 Å². The maximum absolute atomic E-state index is 11.7. The van der Waals surface area contributed by atoms with Crippen LogP contribution < -0.4 is 0 Å². The van der Waals surface area contributed by atoms with Crippen LogP contribution in [0.15, 0.2) is 36.4 Å². The molecule has 2 heterocycles. The van der Waals surface area contributed by atoms with Crippen molar-refractivity contribution in [2.75, 3.05) is 0 Å². The molecule has 0 fully saturated rings. The third-order valence-corrected chi connectivity index (χ3v) is 3.61. The minimum absolute atomic E-state index is 0.253. The Morgan fingerprint density at radius 3 is 2.64 bits per heavy atom. The molecule has 0 radical (unpaired) electrons. The fraction of sp³-hybridized carbons (Fsp3) is 0.235. The first kappa shape index (κ1) is 14.3. The Labute approximate surface area is 128 Å². The molecule has 0 spiro atoms. The van der Waals surface area contributed by atoms with E-state index in [1.54, 1.807) is 10.7 Å². The van der Waals surface area contributed by atoms with Gasteiger partial charge in [-0.15, -0.1) is 0 Å². The number of aromatic nitrogens is 3. The Balaban J connectivity index is 2.32. The zero-order chi connectivity index (χ0) is 15.7. The van der Waals surface area contributed by atoms with Crippen LogP contribution in [-0.4, -0.2) is 25.8 Å². The minimum Gasteiger partial charge on any atom is -0.478 e. The number of hydrogen-bond acceptors (Lipinski definition) is 3. The largest absolute Gasteiger partial charge is 0.478 e. The Hall–Kier alpha value is -2.69. The third kappa shape index (κ3) is 2.35. The monoisotopic (exact) mass is 295 g/mol. The first-order valence-corrected chi connectivity index (χ1v) is 7.28. The summed E-state index contributed by atoms with van der Waals surface area (Å²) in [6.45, 7) is 4.60. The average Bonchev–Trinajstić information content (AvgIpc) is 2.84. The second-order valence-electron chi connectivity index (χ2n) is 5.23. The molecular weight excluding hydrogens is 278 g/mol. The number of carboxylic acids is 1. The highest BCUT2D eigenvalue weighted by Gasteiger charge is 2.19. The first-order valence-electron chi connectivity index (χ1n) is 7.28. The molecule has 1 aromatic carbocycles. The van der Waals surface area contributed by atoms with Gasteiger partial charge in [0, 0.05) is 12.1 Å². The third-order valence-electron chi connectivity index (χ3n) is 3.61. The highest BCUT2D eigenvalue weighted by molar-refractivity contribution is 6.04. The van der Waals surface area contributed by atoms with Crippen molar-refractivity contribution in [2.45, 2.75) is 26.8 Å². The van der Waals surface area contributed by atoms with E-state index < -0.39 is 5.97 Å². The van der Waals surface area contributed by atoms with Crippen molar-refractivity contribution in [3.63, 3.8) is 0 Å². The van der Waals surface area contributed by atoms with E-state index in [2.05, 4.69) is 17.0 Å². The van der Waals surface area contributed by atoms with Crippen molar-refractivity contribution < 1.29 is 9.90 Å². The molecule has 1 N–H and O–H groups in total. The molecule has 5 heteroatoms. The molecular formula is C17H17N3O2. The van der Waals surface area contributed by atoms with E-state index in [1.807, 2.05) is 37.3 Å². The lowest BCUT2D eigenvalue weighted by atomic mass is 10.1. The number of rotatable bonds is 4. The SMILES string of the molecule is CCCn1nc(C)c2c(C(=O)O)cc(-c3ccccc3)nc21. The van der Waals surface area contributed by atoms with Gasteiger partial charge in [-0.25, -0.2) is 14.5 Å². The molecule has 22 heavy (non-hydrogen) atoms. The van der Waals surface area contributed by atoms with Gasteiger partial charge in [-0.1, -0.05) is 37.3 Å². The Morgan fingerprint density at radius 2 is 2.00 bits per heavy atom. The second-order valence-corrected chi connectivity index (χ2v) is 5.23. The number of aryl methyl sites for hydroxylation is 2. The van der Waals surface area contributed by atoms with Gasteiger partial charge in [-0.2, -0.15) is 5.10 Å². The van der Waals surface area contributed by atoms with Gasteiger partial charge in [0.1, 0.15) is 0 Å². The number of pyridine rings is 1. The van der Waals surface area contributed by atoms with Gasteiger partial charge in [0.05, 0.1) is 22.3 Å². The van der Waals surface area contributed by atoms with Gasteiger partial charge < -0.3 is 5.11 Å². The Morgan fingerprint density at radius 1 is 1.27 bits per heavy atom. The summed E-state index contributed by atoms with van der Waals surface area (Å²) in [5.74, 6) is -0.955. The second kappa shape index (κ2) is 5.60. The van der Waals surface area contributed by atoms with Gasteiger partial charge >= 0.3 is 5.97 Å². The van der Waals surface area contributed by atoms with Gasteiger partial charge in [-0.05, 0) is 19.4 Å². The Bertz CT molecular complexity index is 838. The summed E-state index contributed by atoms with van der Waals surface area (Å²) in [5.41, 5.74) is 3.14.